The highest BCUT2D eigenvalue weighted by Crippen LogP contribution is 2.29. The van der Waals surface area contributed by atoms with Crippen LogP contribution < -0.4 is 4.74 Å². The molecule has 0 amide bonds. The summed E-state index contributed by atoms with van der Waals surface area (Å²) in [5, 5.41) is 9.41. The number of ether oxygens (including phenoxy) is 1. The lowest BCUT2D eigenvalue weighted by Crippen LogP contribution is -2.03. The maximum absolute atomic E-state index is 10.5. The Morgan fingerprint density at radius 2 is 2.07 bits per heavy atom. The highest BCUT2D eigenvalue weighted by Gasteiger charge is 2.14. The second kappa shape index (κ2) is 4.24. The minimum absolute atomic E-state index is 0.493. The molecule has 0 saturated carbocycles. The Labute approximate surface area is 83.3 Å². The molecule has 14 heavy (non-hydrogen) atoms. The average Bonchev–Trinajstić information content (AvgIpc) is 2.20. The van der Waals surface area contributed by atoms with Crippen LogP contribution in [0.5, 0.6) is 5.75 Å². The van der Waals surface area contributed by atoms with Crippen molar-refractivity contribution in [2.45, 2.75) is 20.0 Å². The van der Waals surface area contributed by atoms with E-state index in [1.807, 2.05) is 19.9 Å². The lowest BCUT2D eigenvalue weighted by Gasteiger charge is -2.14. The molecule has 3 heteroatoms. The molecule has 0 aromatic heterocycles. The van der Waals surface area contributed by atoms with Gasteiger partial charge in [0.25, 0.3) is 0 Å². The third-order valence-corrected chi connectivity index (χ3v) is 2.36. The van der Waals surface area contributed by atoms with E-state index in [1.54, 1.807) is 6.07 Å². The normalized spacial score (nSPS) is 12.3. The molecule has 0 aliphatic heterocycles. The van der Waals surface area contributed by atoms with Crippen LogP contribution in [0, 0.1) is 13.8 Å². The predicted octanol–water partition coefficient (Wildman–Crippen LogP) is 1.54. The first-order valence-corrected chi connectivity index (χ1v) is 4.39. The number of methoxy groups -OCH3 is 1. The number of hydrogen-bond donors (Lipinski definition) is 1. The summed E-state index contributed by atoms with van der Waals surface area (Å²) in [5.74, 6) is 0.588. The van der Waals surface area contributed by atoms with Gasteiger partial charge in [0.15, 0.2) is 6.29 Å². The summed E-state index contributed by atoms with van der Waals surface area (Å²) in [7, 11) is 1.53. The number of aryl methyl sites for hydroxylation is 1. The van der Waals surface area contributed by atoms with Gasteiger partial charge in [-0.3, -0.25) is 0 Å². The summed E-state index contributed by atoms with van der Waals surface area (Å²) in [6, 6.07) is 3.57. The van der Waals surface area contributed by atoms with Gasteiger partial charge in [0.1, 0.15) is 11.9 Å². The van der Waals surface area contributed by atoms with Gasteiger partial charge in [0.2, 0.25) is 0 Å². The van der Waals surface area contributed by atoms with Crippen molar-refractivity contribution in [1.82, 2.24) is 0 Å². The molecule has 0 fully saturated rings. The smallest absolute Gasteiger partial charge is 0.153 e. The van der Waals surface area contributed by atoms with E-state index in [-0.39, 0.29) is 0 Å². The van der Waals surface area contributed by atoms with Crippen LogP contribution in [0.3, 0.4) is 0 Å². The zero-order valence-corrected chi connectivity index (χ0v) is 8.57. The van der Waals surface area contributed by atoms with Crippen LogP contribution >= 0.6 is 0 Å². The fourth-order valence-electron chi connectivity index (χ4n) is 1.39. The van der Waals surface area contributed by atoms with E-state index in [2.05, 4.69) is 0 Å². The maximum atomic E-state index is 10.5. The number of aldehydes is 1. The molecule has 0 spiro atoms. The molecule has 0 aliphatic carbocycles. The van der Waals surface area contributed by atoms with Crippen molar-refractivity contribution >= 4 is 6.29 Å². The lowest BCUT2D eigenvalue weighted by atomic mass is 10.0. The number of carbonyl (C=O) groups excluding carboxylic acids is 1. The van der Waals surface area contributed by atoms with Gasteiger partial charge in [-0.2, -0.15) is 0 Å². The summed E-state index contributed by atoms with van der Waals surface area (Å²) in [6.45, 7) is 3.85. The van der Waals surface area contributed by atoms with E-state index in [9.17, 15) is 9.90 Å². The van der Waals surface area contributed by atoms with Gasteiger partial charge in [-0.25, -0.2) is 0 Å². The van der Waals surface area contributed by atoms with E-state index >= 15 is 0 Å². The molecule has 0 saturated heterocycles. The number of hydrogen-bond acceptors (Lipinski definition) is 3. The van der Waals surface area contributed by atoms with Gasteiger partial charge in [-0.15, -0.1) is 0 Å². The molecular weight excluding hydrogens is 180 g/mol. The summed E-state index contributed by atoms with van der Waals surface area (Å²) >= 11 is 0. The molecule has 0 radical (unpaired) electrons. The quantitative estimate of drug-likeness (QED) is 0.742. The van der Waals surface area contributed by atoms with Crippen LogP contribution in [0.1, 0.15) is 22.8 Å². The minimum atomic E-state index is -1.11. The van der Waals surface area contributed by atoms with E-state index < -0.39 is 6.10 Å². The van der Waals surface area contributed by atoms with Gasteiger partial charge >= 0.3 is 0 Å². The molecule has 3 nitrogen and oxygen atoms in total. The molecular formula is C11H14O3. The highest BCUT2D eigenvalue weighted by molar-refractivity contribution is 5.63. The summed E-state index contributed by atoms with van der Waals surface area (Å²) in [4.78, 5) is 10.5. The van der Waals surface area contributed by atoms with Crippen molar-refractivity contribution in [3.8, 4) is 5.75 Å². The van der Waals surface area contributed by atoms with Crippen molar-refractivity contribution < 1.29 is 14.6 Å². The second-order valence-corrected chi connectivity index (χ2v) is 3.21. The van der Waals surface area contributed by atoms with Crippen molar-refractivity contribution in [2.24, 2.45) is 0 Å². The first kappa shape index (κ1) is 10.7. The molecule has 1 aromatic rings. The van der Waals surface area contributed by atoms with Gasteiger partial charge in [0, 0.05) is 5.56 Å². The average molecular weight is 194 g/mol. The van der Waals surface area contributed by atoms with Crippen LogP contribution in [0.25, 0.3) is 0 Å². The molecule has 1 aromatic carbocycles. The number of aliphatic hydroxyl groups is 1. The highest BCUT2D eigenvalue weighted by atomic mass is 16.5. The van der Waals surface area contributed by atoms with Crippen molar-refractivity contribution in [3.05, 3.63) is 28.8 Å². The first-order chi connectivity index (χ1) is 6.61. The van der Waals surface area contributed by atoms with E-state index in [0.29, 0.717) is 17.6 Å². The lowest BCUT2D eigenvalue weighted by molar-refractivity contribution is -0.115. The Morgan fingerprint density at radius 3 is 2.57 bits per heavy atom. The van der Waals surface area contributed by atoms with Gasteiger partial charge in [-0.05, 0) is 25.0 Å². The third-order valence-electron chi connectivity index (χ3n) is 2.36. The van der Waals surface area contributed by atoms with Gasteiger partial charge in [-0.1, -0.05) is 12.1 Å². The SMILES string of the molecule is COc1c(C(O)C=O)ccc(C)c1C. The summed E-state index contributed by atoms with van der Waals surface area (Å²) in [5.41, 5.74) is 2.54. The monoisotopic (exact) mass is 194 g/mol. The van der Waals surface area contributed by atoms with E-state index in [0.717, 1.165) is 11.1 Å². The molecule has 0 heterocycles. The van der Waals surface area contributed by atoms with Crippen LogP contribution in [0.2, 0.25) is 0 Å². The van der Waals surface area contributed by atoms with Crippen molar-refractivity contribution in [3.63, 3.8) is 0 Å². The first-order valence-electron chi connectivity index (χ1n) is 4.39. The molecule has 1 N–H and O–H groups in total. The standard InChI is InChI=1S/C11H14O3/c1-7-4-5-9(10(13)6-12)11(14-3)8(7)2/h4-6,10,13H,1-3H3. The number of carbonyl (C=O) groups is 1. The summed E-state index contributed by atoms with van der Waals surface area (Å²) in [6.07, 6.45) is -0.614. The Bertz CT molecular complexity index is 345. The zero-order valence-electron chi connectivity index (χ0n) is 8.57. The maximum Gasteiger partial charge on any atom is 0.153 e. The van der Waals surface area contributed by atoms with Crippen LogP contribution in [-0.2, 0) is 4.79 Å². The predicted molar refractivity (Wildman–Crippen MR) is 53.5 cm³/mol. The molecule has 1 rings (SSSR count). The van der Waals surface area contributed by atoms with Gasteiger partial charge in [0.05, 0.1) is 7.11 Å². The Kier molecular flexibility index (Phi) is 3.25. The Balaban J connectivity index is 3.30. The number of benzene rings is 1. The third kappa shape index (κ3) is 1.77. The zero-order chi connectivity index (χ0) is 10.7. The van der Waals surface area contributed by atoms with Crippen LogP contribution in [0.15, 0.2) is 12.1 Å². The molecule has 1 unspecified atom stereocenters. The second-order valence-electron chi connectivity index (χ2n) is 3.21. The van der Waals surface area contributed by atoms with E-state index in [4.69, 9.17) is 4.74 Å². The fraction of sp³-hybridized carbons (Fsp3) is 0.364. The Morgan fingerprint density at radius 1 is 1.43 bits per heavy atom. The number of aliphatic hydroxyl groups excluding tert-OH is 1. The summed E-state index contributed by atoms with van der Waals surface area (Å²) < 4.78 is 5.16. The van der Waals surface area contributed by atoms with Crippen LogP contribution in [0.4, 0.5) is 0 Å². The largest absolute Gasteiger partial charge is 0.496 e. The molecule has 0 aliphatic rings. The fourth-order valence-corrected chi connectivity index (χ4v) is 1.39. The van der Waals surface area contributed by atoms with Crippen molar-refractivity contribution in [2.75, 3.05) is 7.11 Å². The molecule has 76 valence electrons. The topological polar surface area (TPSA) is 46.5 Å². The molecule has 0 bridgehead atoms. The number of rotatable bonds is 3. The minimum Gasteiger partial charge on any atom is -0.496 e. The van der Waals surface area contributed by atoms with Crippen LogP contribution in [-0.4, -0.2) is 18.5 Å². The van der Waals surface area contributed by atoms with Crippen molar-refractivity contribution in [1.29, 1.82) is 0 Å². The molecule has 1 atom stereocenters. The van der Waals surface area contributed by atoms with E-state index in [1.165, 1.54) is 7.11 Å². The Hall–Kier alpha value is -1.35. The van der Waals surface area contributed by atoms with Gasteiger partial charge < -0.3 is 14.6 Å².